The Hall–Kier alpha value is -0.430. The molecule has 0 bridgehead atoms. The molecular weight excluding hydrogens is 297 g/mol. The molecular formula is C6H3ClFIN2O. The number of nitrogens with two attached hydrogens (primary N) is 1. The second-order valence-electron chi connectivity index (χ2n) is 1.95. The Morgan fingerprint density at radius 1 is 1.67 bits per heavy atom. The maximum atomic E-state index is 12.9. The molecule has 1 heterocycles. The Balaban J connectivity index is 3.49. The molecule has 0 aliphatic rings. The third-order valence-corrected chi connectivity index (χ3v) is 2.32. The van der Waals surface area contributed by atoms with Gasteiger partial charge >= 0.3 is 0 Å². The SMILES string of the molecule is Nc1c(F)c(I)nc(C=O)c1Cl. The van der Waals surface area contributed by atoms with E-state index in [0.29, 0.717) is 6.29 Å². The van der Waals surface area contributed by atoms with Crippen LogP contribution in [0, 0.1) is 9.52 Å². The Morgan fingerprint density at radius 3 is 2.75 bits per heavy atom. The molecule has 12 heavy (non-hydrogen) atoms. The summed E-state index contributed by atoms with van der Waals surface area (Å²) in [5.41, 5.74) is 4.97. The van der Waals surface area contributed by atoms with Gasteiger partial charge in [0, 0.05) is 0 Å². The quantitative estimate of drug-likeness (QED) is 0.489. The highest BCUT2D eigenvalue weighted by molar-refractivity contribution is 14.1. The minimum atomic E-state index is -0.689. The van der Waals surface area contributed by atoms with E-state index in [2.05, 4.69) is 4.98 Å². The zero-order valence-electron chi connectivity index (χ0n) is 5.64. The van der Waals surface area contributed by atoms with Gasteiger partial charge in [-0.15, -0.1) is 0 Å². The highest BCUT2D eigenvalue weighted by atomic mass is 127. The number of hydrogen-bond acceptors (Lipinski definition) is 3. The summed E-state index contributed by atoms with van der Waals surface area (Å²) in [7, 11) is 0. The predicted molar refractivity (Wildman–Crippen MR) is 51.7 cm³/mol. The number of pyridine rings is 1. The normalized spacial score (nSPS) is 9.92. The molecule has 0 amide bonds. The summed E-state index contributed by atoms with van der Waals surface area (Å²) < 4.78 is 13.0. The molecule has 0 saturated heterocycles. The van der Waals surface area contributed by atoms with E-state index >= 15 is 0 Å². The molecule has 0 spiro atoms. The van der Waals surface area contributed by atoms with Gasteiger partial charge in [-0.3, -0.25) is 4.79 Å². The van der Waals surface area contributed by atoms with Crippen molar-refractivity contribution in [3.63, 3.8) is 0 Å². The smallest absolute Gasteiger partial charge is 0.179 e. The molecule has 0 aliphatic carbocycles. The topological polar surface area (TPSA) is 56.0 Å². The van der Waals surface area contributed by atoms with Crippen LogP contribution in [0.25, 0.3) is 0 Å². The zero-order chi connectivity index (χ0) is 9.30. The molecule has 0 saturated carbocycles. The van der Waals surface area contributed by atoms with Crippen LogP contribution in [0.1, 0.15) is 10.5 Å². The number of aldehydes is 1. The van der Waals surface area contributed by atoms with Crippen LogP contribution in [0.5, 0.6) is 0 Å². The van der Waals surface area contributed by atoms with Crippen LogP contribution in [-0.4, -0.2) is 11.3 Å². The van der Waals surface area contributed by atoms with Crippen LogP contribution >= 0.6 is 34.2 Å². The minimum Gasteiger partial charge on any atom is -0.395 e. The van der Waals surface area contributed by atoms with Gasteiger partial charge in [-0.05, 0) is 22.6 Å². The van der Waals surface area contributed by atoms with Crippen molar-refractivity contribution in [2.75, 3.05) is 5.73 Å². The Morgan fingerprint density at radius 2 is 2.25 bits per heavy atom. The Kier molecular flexibility index (Phi) is 2.84. The second-order valence-corrected chi connectivity index (χ2v) is 3.35. The summed E-state index contributed by atoms with van der Waals surface area (Å²) in [6.45, 7) is 0. The standard InChI is InChI=1S/C6H3ClFIN2O/c7-3-2(1-12)11-6(9)4(8)5(3)10/h1H,(H2,10,11). The van der Waals surface area contributed by atoms with Gasteiger partial charge in [0.15, 0.2) is 12.1 Å². The van der Waals surface area contributed by atoms with Crippen LogP contribution in [-0.2, 0) is 0 Å². The number of aromatic nitrogens is 1. The molecule has 1 aromatic heterocycles. The van der Waals surface area contributed by atoms with Crippen LogP contribution < -0.4 is 5.73 Å². The van der Waals surface area contributed by atoms with Gasteiger partial charge in [0.25, 0.3) is 0 Å². The highest BCUT2D eigenvalue weighted by Gasteiger charge is 2.13. The van der Waals surface area contributed by atoms with Crippen LogP contribution in [0.15, 0.2) is 0 Å². The average molecular weight is 300 g/mol. The van der Waals surface area contributed by atoms with Crippen LogP contribution in [0.2, 0.25) is 5.02 Å². The molecule has 2 N–H and O–H groups in total. The molecule has 3 nitrogen and oxygen atoms in total. The van der Waals surface area contributed by atoms with Crippen molar-refractivity contribution in [2.24, 2.45) is 0 Å². The number of carbonyl (C=O) groups excluding carboxylic acids is 1. The van der Waals surface area contributed by atoms with E-state index in [4.69, 9.17) is 17.3 Å². The van der Waals surface area contributed by atoms with E-state index in [1.54, 1.807) is 22.6 Å². The molecule has 0 aromatic carbocycles. The molecule has 0 unspecified atom stereocenters. The van der Waals surface area contributed by atoms with Gasteiger partial charge in [0.05, 0.1) is 10.7 Å². The fourth-order valence-electron chi connectivity index (χ4n) is 0.627. The van der Waals surface area contributed by atoms with Gasteiger partial charge in [0.2, 0.25) is 0 Å². The average Bonchev–Trinajstić information content (AvgIpc) is 2.08. The molecule has 0 fully saturated rings. The number of nitrogens with zero attached hydrogens (tertiary/aromatic N) is 1. The number of anilines is 1. The van der Waals surface area contributed by atoms with Crippen molar-refractivity contribution < 1.29 is 9.18 Å². The van der Waals surface area contributed by atoms with Crippen molar-refractivity contribution in [3.8, 4) is 0 Å². The van der Waals surface area contributed by atoms with E-state index < -0.39 is 5.82 Å². The van der Waals surface area contributed by atoms with E-state index in [0.717, 1.165) is 0 Å². The van der Waals surface area contributed by atoms with E-state index in [1.165, 1.54) is 0 Å². The molecule has 0 atom stereocenters. The summed E-state index contributed by atoms with van der Waals surface area (Å²) in [6.07, 6.45) is 0.431. The van der Waals surface area contributed by atoms with Gasteiger partial charge in [-0.1, -0.05) is 11.6 Å². The summed E-state index contributed by atoms with van der Waals surface area (Å²) in [6, 6.07) is 0. The first-order valence-electron chi connectivity index (χ1n) is 2.83. The van der Waals surface area contributed by atoms with E-state index in [9.17, 15) is 9.18 Å². The number of nitrogen functional groups attached to an aromatic ring is 1. The predicted octanol–water partition coefficient (Wildman–Crippen LogP) is 1.87. The lowest BCUT2D eigenvalue weighted by atomic mass is 10.3. The van der Waals surface area contributed by atoms with Gasteiger partial charge in [-0.2, -0.15) is 0 Å². The van der Waals surface area contributed by atoms with Crippen LogP contribution in [0.4, 0.5) is 10.1 Å². The largest absolute Gasteiger partial charge is 0.395 e. The number of halogens is 3. The monoisotopic (exact) mass is 300 g/mol. The van der Waals surface area contributed by atoms with Crippen LogP contribution in [0.3, 0.4) is 0 Å². The number of hydrogen-bond donors (Lipinski definition) is 1. The van der Waals surface area contributed by atoms with Gasteiger partial charge in [-0.25, -0.2) is 9.37 Å². The number of rotatable bonds is 1. The minimum absolute atomic E-state index is 0.0385. The maximum absolute atomic E-state index is 12.9. The first-order chi connectivity index (χ1) is 5.57. The highest BCUT2D eigenvalue weighted by Crippen LogP contribution is 2.26. The van der Waals surface area contributed by atoms with Crippen molar-refractivity contribution in [1.29, 1.82) is 0 Å². The molecule has 1 rings (SSSR count). The van der Waals surface area contributed by atoms with Gasteiger partial charge in [0.1, 0.15) is 9.39 Å². The molecule has 1 aromatic rings. The third-order valence-electron chi connectivity index (χ3n) is 1.21. The van der Waals surface area contributed by atoms with Crippen molar-refractivity contribution >= 4 is 46.2 Å². The Labute approximate surface area is 86.2 Å². The van der Waals surface area contributed by atoms with Gasteiger partial charge < -0.3 is 5.73 Å². The molecule has 0 radical (unpaired) electrons. The lowest BCUT2D eigenvalue weighted by Gasteiger charge is -2.02. The summed E-state index contributed by atoms with van der Waals surface area (Å²) >= 11 is 7.14. The first-order valence-corrected chi connectivity index (χ1v) is 4.28. The van der Waals surface area contributed by atoms with E-state index in [1.807, 2.05) is 0 Å². The number of carbonyl (C=O) groups is 1. The lowest BCUT2D eigenvalue weighted by Crippen LogP contribution is -2.02. The lowest BCUT2D eigenvalue weighted by molar-refractivity contribution is 0.111. The second kappa shape index (κ2) is 3.53. The van der Waals surface area contributed by atoms with E-state index in [-0.39, 0.29) is 20.1 Å². The summed E-state index contributed by atoms with van der Waals surface area (Å²) in [5, 5.41) is -0.136. The fraction of sp³-hybridized carbons (Fsp3) is 0. The summed E-state index contributed by atoms with van der Waals surface area (Å²) in [5.74, 6) is -0.689. The Bertz CT molecular complexity index is 345. The summed E-state index contributed by atoms with van der Waals surface area (Å²) in [4.78, 5) is 13.9. The third kappa shape index (κ3) is 1.51. The van der Waals surface area contributed by atoms with Crippen molar-refractivity contribution in [1.82, 2.24) is 4.98 Å². The first kappa shape index (κ1) is 9.66. The molecule has 6 heteroatoms. The zero-order valence-corrected chi connectivity index (χ0v) is 8.56. The molecule has 64 valence electrons. The molecule has 0 aliphatic heterocycles. The maximum Gasteiger partial charge on any atom is 0.179 e. The fourth-order valence-corrected chi connectivity index (χ4v) is 1.35. The van der Waals surface area contributed by atoms with Crippen molar-refractivity contribution in [2.45, 2.75) is 0 Å². The van der Waals surface area contributed by atoms with Crippen molar-refractivity contribution in [3.05, 3.63) is 20.2 Å².